The highest BCUT2D eigenvalue weighted by Crippen LogP contribution is 2.42. The van der Waals surface area contributed by atoms with E-state index in [1.165, 1.54) is 16.7 Å². The molecule has 1 unspecified atom stereocenters. The molecule has 1 aliphatic rings. The molecule has 1 heterocycles. The number of hydrogen-bond acceptors (Lipinski definition) is 1. The van der Waals surface area contributed by atoms with Gasteiger partial charge in [-0.15, -0.1) is 0 Å². The van der Waals surface area contributed by atoms with Gasteiger partial charge in [-0.3, -0.25) is 0 Å². The van der Waals surface area contributed by atoms with Gasteiger partial charge >= 0.3 is 0 Å². The molecule has 2 aromatic rings. The van der Waals surface area contributed by atoms with Crippen molar-refractivity contribution in [1.82, 2.24) is 0 Å². The molecule has 0 saturated heterocycles. The number of benzene rings is 2. The number of alkyl halides is 1. The first-order valence-electron chi connectivity index (χ1n) is 7.06. The number of hydrogen-bond donors (Lipinski definition) is 0. The van der Waals surface area contributed by atoms with Gasteiger partial charge in [0.2, 0.25) is 0 Å². The second-order valence-corrected chi connectivity index (χ2v) is 7.57. The van der Waals surface area contributed by atoms with Crippen LogP contribution in [0.3, 0.4) is 0 Å². The average Bonchev–Trinajstić information content (AvgIpc) is 2.76. The summed E-state index contributed by atoms with van der Waals surface area (Å²) in [7, 11) is 0. The normalized spacial score (nSPS) is 17.2. The Morgan fingerprint density at radius 2 is 2.00 bits per heavy atom. The molecule has 0 N–H and O–H groups in total. The molecule has 0 aromatic heterocycles. The maximum absolute atomic E-state index is 6.24. The van der Waals surface area contributed by atoms with Crippen LogP contribution in [0.4, 0.5) is 0 Å². The Hall–Kier alpha value is -0.990. The van der Waals surface area contributed by atoms with E-state index in [-0.39, 0.29) is 10.2 Å². The number of halogens is 2. The maximum Gasteiger partial charge on any atom is 0.123 e. The lowest BCUT2D eigenvalue weighted by Crippen LogP contribution is -2.18. The van der Waals surface area contributed by atoms with Crippen molar-refractivity contribution in [2.45, 2.75) is 31.0 Å². The third kappa shape index (κ3) is 2.60. The second-order valence-electron chi connectivity index (χ2n) is 6.24. The minimum Gasteiger partial charge on any atom is -0.492 e. The quantitative estimate of drug-likeness (QED) is 0.611. The largest absolute Gasteiger partial charge is 0.492 e. The Kier molecular flexibility index (Phi) is 3.79. The number of rotatable bonds is 2. The van der Waals surface area contributed by atoms with E-state index < -0.39 is 0 Å². The fraction of sp³-hybridized carbons (Fsp3) is 0.333. The van der Waals surface area contributed by atoms with Gasteiger partial charge < -0.3 is 4.74 Å². The molecule has 1 aliphatic heterocycles. The van der Waals surface area contributed by atoms with Crippen molar-refractivity contribution in [3.8, 4) is 5.75 Å². The lowest BCUT2D eigenvalue weighted by molar-refractivity contribution is 0.291. The molecule has 0 amide bonds. The van der Waals surface area contributed by atoms with Crippen molar-refractivity contribution in [1.29, 1.82) is 0 Å². The first kappa shape index (κ1) is 14.9. The van der Waals surface area contributed by atoms with Crippen LogP contribution >= 0.6 is 27.5 Å². The van der Waals surface area contributed by atoms with Crippen LogP contribution in [0.5, 0.6) is 5.75 Å². The molecule has 21 heavy (non-hydrogen) atoms. The molecule has 1 atom stereocenters. The van der Waals surface area contributed by atoms with Crippen LogP contribution in [0.25, 0.3) is 0 Å². The van der Waals surface area contributed by atoms with Crippen LogP contribution in [-0.2, 0) is 5.41 Å². The lowest BCUT2D eigenvalue weighted by Gasteiger charge is -2.19. The van der Waals surface area contributed by atoms with Crippen molar-refractivity contribution in [3.05, 3.63) is 63.7 Å². The van der Waals surface area contributed by atoms with Crippen molar-refractivity contribution in [3.63, 3.8) is 0 Å². The Labute approximate surface area is 139 Å². The monoisotopic (exact) mass is 364 g/mol. The van der Waals surface area contributed by atoms with Crippen LogP contribution in [0.1, 0.15) is 40.9 Å². The highest BCUT2D eigenvalue weighted by atomic mass is 79.9. The number of ether oxygens (including phenoxy) is 1. The molecule has 0 spiro atoms. The van der Waals surface area contributed by atoms with Gasteiger partial charge in [0.15, 0.2) is 0 Å². The molecule has 0 fully saturated rings. The molecule has 3 rings (SSSR count). The highest BCUT2D eigenvalue weighted by molar-refractivity contribution is 9.09. The van der Waals surface area contributed by atoms with Crippen molar-refractivity contribution < 1.29 is 4.74 Å². The highest BCUT2D eigenvalue weighted by Gasteiger charge is 2.32. The second kappa shape index (κ2) is 5.33. The van der Waals surface area contributed by atoms with Crippen molar-refractivity contribution in [2.24, 2.45) is 0 Å². The molecule has 0 saturated carbocycles. The third-order valence-electron chi connectivity index (χ3n) is 4.20. The molecule has 3 heteroatoms. The zero-order valence-corrected chi connectivity index (χ0v) is 14.8. The van der Waals surface area contributed by atoms with Crippen LogP contribution in [-0.4, -0.2) is 6.61 Å². The Morgan fingerprint density at radius 3 is 2.76 bits per heavy atom. The van der Waals surface area contributed by atoms with Crippen LogP contribution in [0, 0.1) is 6.92 Å². The molecule has 0 bridgehead atoms. The van der Waals surface area contributed by atoms with Gasteiger partial charge in [-0.1, -0.05) is 59.6 Å². The van der Waals surface area contributed by atoms with E-state index in [4.69, 9.17) is 16.3 Å². The third-order valence-corrected chi connectivity index (χ3v) is 5.63. The van der Waals surface area contributed by atoms with E-state index in [1.807, 2.05) is 12.1 Å². The van der Waals surface area contributed by atoms with Crippen molar-refractivity contribution in [2.75, 3.05) is 6.61 Å². The molecule has 2 aromatic carbocycles. The van der Waals surface area contributed by atoms with Crippen LogP contribution in [0.2, 0.25) is 5.02 Å². The molecular weight excluding hydrogens is 348 g/mol. The van der Waals surface area contributed by atoms with Gasteiger partial charge in [0, 0.05) is 16.0 Å². The summed E-state index contributed by atoms with van der Waals surface area (Å²) in [6.07, 6.45) is 0. The Morgan fingerprint density at radius 1 is 1.24 bits per heavy atom. The summed E-state index contributed by atoms with van der Waals surface area (Å²) in [6.45, 7) is 7.24. The minimum absolute atomic E-state index is 0.0709. The first-order chi connectivity index (χ1) is 9.90. The molecular formula is C18H18BrClO. The Bertz CT molecular complexity index is 694. The summed E-state index contributed by atoms with van der Waals surface area (Å²) in [6, 6.07) is 12.5. The van der Waals surface area contributed by atoms with Gasteiger partial charge in [-0.25, -0.2) is 0 Å². The summed E-state index contributed by atoms with van der Waals surface area (Å²) in [5.41, 5.74) is 4.92. The fourth-order valence-corrected chi connectivity index (χ4v) is 3.74. The van der Waals surface area contributed by atoms with Gasteiger partial charge in [-0.05, 0) is 41.8 Å². The topological polar surface area (TPSA) is 9.23 Å². The zero-order valence-electron chi connectivity index (χ0n) is 12.4. The van der Waals surface area contributed by atoms with E-state index in [9.17, 15) is 0 Å². The zero-order chi connectivity index (χ0) is 15.2. The molecule has 1 nitrogen and oxygen atoms in total. The predicted octanol–water partition coefficient (Wildman–Crippen LogP) is 5.80. The van der Waals surface area contributed by atoms with E-state index in [0.717, 1.165) is 22.9 Å². The van der Waals surface area contributed by atoms with Crippen molar-refractivity contribution >= 4 is 27.5 Å². The summed E-state index contributed by atoms with van der Waals surface area (Å²) in [5.74, 6) is 1.01. The van der Waals surface area contributed by atoms with Gasteiger partial charge in [0.25, 0.3) is 0 Å². The molecule has 0 radical (unpaired) electrons. The Balaban J connectivity index is 2.03. The fourth-order valence-electron chi connectivity index (χ4n) is 2.77. The van der Waals surface area contributed by atoms with Crippen LogP contribution in [0.15, 0.2) is 36.4 Å². The predicted molar refractivity (Wildman–Crippen MR) is 91.9 cm³/mol. The van der Waals surface area contributed by atoms with E-state index in [1.54, 1.807) is 0 Å². The standard InChI is InChI=1S/C18H18BrClO/c1-11-13(5-4-6-15(11)20)17(19)12-7-8-16-14(9-12)18(2,3)10-21-16/h4-9,17H,10H2,1-3H3. The minimum atomic E-state index is 0.0709. The lowest BCUT2D eigenvalue weighted by atomic mass is 9.85. The van der Waals surface area contributed by atoms with E-state index >= 15 is 0 Å². The van der Waals surface area contributed by atoms with E-state index in [2.05, 4.69) is 61.0 Å². The first-order valence-corrected chi connectivity index (χ1v) is 8.36. The maximum atomic E-state index is 6.24. The van der Waals surface area contributed by atoms with Gasteiger partial charge in [-0.2, -0.15) is 0 Å². The summed E-state index contributed by atoms with van der Waals surface area (Å²) in [4.78, 5) is 0.137. The van der Waals surface area contributed by atoms with Crippen LogP contribution < -0.4 is 4.74 Å². The summed E-state index contributed by atoms with van der Waals surface area (Å²) < 4.78 is 5.76. The molecule has 0 aliphatic carbocycles. The molecule has 110 valence electrons. The summed E-state index contributed by atoms with van der Waals surface area (Å²) >= 11 is 10.1. The van der Waals surface area contributed by atoms with Gasteiger partial charge in [0.05, 0.1) is 11.4 Å². The smallest absolute Gasteiger partial charge is 0.123 e. The van der Waals surface area contributed by atoms with E-state index in [0.29, 0.717) is 0 Å². The SMILES string of the molecule is Cc1c(Cl)cccc1C(Br)c1ccc2c(c1)C(C)(C)CO2. The average molecular weight is 366 g/mol. The van der Waals surface area contributed by atoms with Gasteiger partial charge in [0.1, 0.15) is 5.75 Å². The number of fused-ring (bicyclic) bond motifs is 1. The summed E-state index contributed by atoms with van der Waals surface area (Å²) in [5, 5.41) is 0.807.